The van der Waals surface area contributed by atoms with Crippen LogP contribution in [-0.4, -0.2) is 48.8 Å². The quantitative estimate of drug-likeness (QED) is 0.747. The van der Waals surface area contributed by atoms with E-state index in [0.717, 1.165) is 13.0 Å². The summed E-state index contributed by atoms with van der Waals surface area (Å²) in [6.07, 6.45) is 0.900. The van der Waals surface area contributed by atoms with Gasteiger partial charge in [-0.15, -0.1) is 10.2 Å². The Morgan fingerprint density at radius 2 is 2.38 bits per heavy atom. The van der Waals surface area contributed by atoms with E-state index < -0.39 is 12.0 Å². The van der Waals surface area contributed by atoms with Crippen molar-refractivity contribution in [3.8, 4) is 0 Å². The zero-order chi connectivity index (χ0) is 11.7. The SMILES string of the molecule is CC1CCN(Cc2nnn(C)n2)C1C(=O)O. The fourth-order valence-corrected chi connectivity index (χ4v) is 2.17. The molecule has 1 aromatic heterocycles. The van der Waals surface area contributed by atoms with Gasteiger partial charge in [0.25, 0.3) is 0 Å². The minimum absolute atomic E-state index is 0.175. The first-order valence-corrected chi connectivity index (χ1v) is 5.27. The van der Waals surface area contributed by atoms with Crippen molar-refractivity contribution < 1.29 is 9.90 Å². The standard InChI is InChI=1S/C9H15N5O2/c1-6-3-4-14(8(6)9(15)16)5-7-10-12-13(2)11-7/h6,8H,3-5H2,1-2H3,(H,15,16). The monoisotopic (exact) mass is 225 g/mol. The fraction of sp³-hybridized carbons (Fsp3) is 0.778. The fourth-order valence-electron chi connectivity index (χ4n) is 2.17. The molecule has 1 aliphatic heterocycles. The number of hydrogen-bond donors (Lipinski definition) is 1. The Kier molecular flexibility index (Phi) is 2.86. The summed E-state index contributed by atoms with van der Waals surface area (Å²) >= 11 is 0. The van der Waals surface area contributed by atoms with Crippen molar-refractivity contribution in [2.24, 2.45) is 13.0 Å². The molecule has 0 saturated carbocycles. The van der Waals surface area contributed by atoms with Gasteiger partial charge in [0.05, 0.1) is 13.6 Å². The van der Waals surface area contributed by atoms with Crippen LogP contribution in [0.25, 0.3) is 0 Å². The second-order valence-electron chi connectivity index (χ2n) is 4.21. The molecule has 1 N–H and O–H groups in total. The maximum Gasteiger partial charge on any atom is 0.321 e. The molecule has 0 spiro atoms. The normalized spacial score (nSPS) is 26.1. The highest BCUT2D eigenvalue weighted by atomic mass is 16.4. The summed E-state index contributed by atoms with van der Waals surface area (Å²) in [6.45, 7) is 3.19. The molecule has 1 fully saturated rings. The molecule has 0 aromatic carbocycles. The minimum Gasteiger partial charge on any atom is -0.480 e. The van der Waals surface area contributed by atoms with Crippen LogP contribution in [0.15, 0.2) is 0 Å². The van der Waals surface area contributed by atoms with Crippen molar-refractivity contribution in [3.63, 3.8) is 0 Å². The average molecular weight is 225 g/mol. The molecule has 2 heterocycles. The number of likely N-dealkylation sites (tertiary alicyclic amines) is 1. The lowest BCUT2D eigenvalue weighted by Crippen LogP contribution is -2.38. The van der Waals surface area contributed by atoms with Gasteiger partial charge in [0.1, 0.15) is 6.04 Å². The Hall–Kier alpha value is -1.50. The predicted octanol–water partition coefficient (Wildman–Crippen LogP) is -0.495. The van der Waals surface area contributed by atoms with Crippen LogP contribution in [0.5, 0.6) is 0 Å². The van der Waals surface area contributed by atoms with Crippen LogP contribution in [0, 0.1) is 5.92 Å². The molecule has 1 saturated heterocycles. The number of rotatable bonds is 3. The number of carboxylic acids is 1. The van der Waals surface area contributed by atoms with Crippen molar-refractivity contribution in [3.05, 3.63) is 5.82 Å². The highest BCUT2D eigenvalue weighted by Gasteiger charge is 2.37. The number of aryl methyl sites for hydroxylation is 1. The second-order valence-corrected chi connectivity index (χ2v) is 4.21. The summed E-state index contributed by atoms with van der Waals surface area (Å²) in [5.74, 6) is -0.0223. The predicted molar refractivity (Wildman–Crippen MR) is 54.4 cm³/mol. The van der Waals surface area contributed by atoms with Crippen LogP contribution in [0.2, 0.25) is 0 Å². The Morgan fingerprint density at radius 3 is 2.94 bits per heavy atom. The third-order valence-electron chi connectivity index (χ3n) is 2.95. The van der Waals surface area contributed by atoms with Crippen molar-refractivity contribution in [1.29, 1.82) is 0 Å². The van der Waals surface area contributed by atoms with E-state index in [2.05, 4.69) is 15.4 Å². The molecule has 1 aromatic rings. The lowest BCUT2D eigenvalue weighted by atomic mass is 10.0. The first-order chi connectivity index (χ1) is 7.58. The zero-order valence-electron chi connectivity index (χ0n) is 9.37. The number of tetrazole rings is 1. The van der Waals surface area contributed by atoms with Gasteiger partial charge < -0.3 is 5.11 Å². The summed E-state index contributed by atoms with van der Waals surface area (Å²) in [4.78, 5) is 14.4. The molecule has 0 bridgehead atoms. The highest BCUT2D eigenvalue weighted by Crippen LogP contribution is 2.24. The third kappa shape index (κ3) is 2.04. The number of aliphatic carboxylic acids is 1. The summed E-state index contributed by atoms with van der Waals surface area (Å²) in [5, 5.41) is 20.8. The molecule has 7 nitrogen and oxygen atoms in total. The number of nitrogens with zero attached hydrogens (tertiary/aromatic N) is 5. The van der Waals surface area contributed by atoms with Crippen LogP contribution < -0.4 is 0 Å². The van der Waals surface area contributed by atoms with E-state index >= 15 is 0 Å². The van der Waals surface area contributed by atoms with Gasteiger partial charge in [-0.25, -0.2) is 0 Å². The van der Waals surface area contributed by atoms with E-state index in [-0.39, 0.29) is 5.92 Å². The molecular formula is C9H15N5O2. The summed E-state index contributed by atoms with van der Waals surface area (Å²) < 4.78 is 0. The summed E-state index contributed by atoms with van der Waals surface area (Å²) in [5.41, 5.74) is 0. The molecule has 0 amide bonds. The van der Waals surface area contributed by atoms with E-state index in [0.29, 0.717) is 12.4 Å². The van der Waals surface area contributed by atoms with Crippen LogP contribution in [-0.2, 0) is 18.4 Å². The smallest absolute Gasteiger partial charge is 0.321 e. The van der Waals surface area contributed by atoms with E-state index in [9.17, 15) is 4.79 Å². The number of hydrogen-bond acceptors (Lipinski definition) is 5. The minimum atomic E-state index is -0.770. The zero-order valence-corrected chi connectivity index (χ0v) is 9.37. The van der Waals surface area contributed by atoms with Gasteiger partial charge in [-0.1, -0.05) is 6.92 Å². The van der Waals surface area contributed by atoms with Gasteiger partial charge in [-0.3, -0.25) is 9.69 Å². The molecule has 7 heteroatoms. The summed E-state index contributed by atoms with van der Waals surface area (Å²) in [6, 6.07) is -0.427. The third-order valence-corrected chi connectivity index (χ3v) is 2.95. The first kappa shape index (κ1) is 11.0. The van der Waals surface area contributed by atoms with E-state index in [4.69, 9.17) is 5.11 Å². The Balaban J connectivity index is 2.07. The second kappa shape index (κ2) is 4.17. The molecule has 0 radical (unpaired) electrons. The Labute approximate surface area is 93.0 Å². The average Bonchev–Trinajstić information content (AvgIpc) is 2.74. The Bertz CT molecular complexity index is 391. The van der Waals surface area contributed by atoms with Crippen LogP contribution in [0.4, 0.5) is 0 Å². The summed E-state index contributed by atoms with van der Waals surface area (Å²) in [7, 11) is 1.69. The molecule has 2 unspecified atom stereocenters. The number of carbonyl (C=O) groups is 1. The lowest BCUT2D eigenvalue weighted by Gasteiger charge is -2.21. The highest BCUT2D eigenvalue weighted by molar-refractivity contribution is 5.74. The van der Waals surface area contributed by atoms with Gasteiger partial charge in [0.2, 0.25) is 0 Å². The van der Waals surface area contributed by atoms with Crippen LogP contribution in [0.1, 0.15) is 19.2 Å². The molecule has 88 valence electrons. The van der Waals surface area contributed by atoms with Gasteiger partial charge in [-0.05, 0) is 24.1 Å². The number of carboxylic acid groups (broad SMARTS) is 1. The molecule has 16 heavy (non-hydrogen) atoms. The van der Waals surface area contributed by atoms with E-state index in [1.165, 1.54) is 4.80 Å². The molecular weight excluding hydrogens is 210 g/mol. The van der Waals surface area contributed by atoms with Crippen molar-refractivity contribution in [2.75, 3.05) is 6.54 Å². The first-order valence-electron chi connectivity index (χ1n) is 5.27. The van der Waals surface area contributed by atoms with Crippen LogP contribution in [0.3, 0.4) is 0 Å². The van der Waals surface area contributed by atoms with Crippen molar-refractivity contribution >= 4 is 5.97 Å². The largest absolute Gasteiger partial charge is 0.480 e. The lowest BCUT2D eigenvalue weighted by molar-refractivity contribution is -0.143. The molecule has 2 atom stereocenters. The van der Waals surface area contributed by atoms with Crippen molar-refractivity contribution in [2.45, 2.75) is 25.9 Å². The maximum atomic E-state index is 11.1. The van der Waals surface area contributed by atoms with E-state index in [1.54, 1.807) is 7.05 Å². The van der Waals surface area contributed by atoms with Crippen LogP contribution >= 0.6 is 0 Å². The van der Waals surface area contributed by atoms with Gasteiger partial charge in [-0.2, -0.15) is 4.80 Å². The maximum absolute atomic E-state index is 11.1. The van der Waals surface area contributed by atoms with E-state index in [1.807, 2.05) is 11.8 Å². The molecule has 1 aliphatic rings. The molecule has 2 rings (SSSR count). The van der Waals surface area contributed by atoms with Gasteiger partial charge in [0.15, 0.2) is 5.82 Å². The number of aromatic nitrogens is 4. The van der Waals surface area contributed by atoms with Crippen molar-refractivity contribution in [1.82, 2.24) is 25.1 Å². The topological polar surface area (TPSA) is 84.1 Å². The molecule has 0 aliphatic carbocycles. The van der Waals surface area contributed by atoms with Gasteiger partial charge >= 0.3 is 5.97 Å². The Morgan fingerprint density at radius 1 is 1.62 bits per heavy atom. The van der Waals surface area contributed by atoms with Gasteiger partial charge in [0, 0.05) is 0 Å².